The van der Waals surface area contributed by atoms with E-state index < -0.39 is 5.79 Å². The second-order valence-electron chi connectivity index (χ2n) is 6.79. The first kappa shape index (κ1) is 16.4. The first-order valence-electron chi connectivity index (χ1n) is 8.67. The van der Waals surface area contributed by atoms with Gasteiger partial charge >= 0.3 is 5.97 Å². The van der Waals surface area contributed by atoms with E-state index >= 15 is 0 Å². The first-order chi connectivity index (χ1) is 12.0. The predicted molar refractivity (Wildman–Crippen MR) is 89.5 cm³/mol. The molecule has 4 rings (SSSR count). The van der Waals surface area contributed by atoms with Crippen LogP contribution < -0.4 is 9.64 Å². The molecule has 1 aromatic carbocycles. The smallest absolute Gasteiger partial charge is 0.331 e. The maximum Gasteiger partial charge on any atom is 0.331 e. The second kappa shape index (κ2) is 6.31. The molecule has 3 aliphatic rings. The molecule has 25 heavy (non-hydrogen) atoms. The van der Waals surface area contributed by atoms with Crippen LogP contribution in [0, 0.1) is 6.92 Å². The van der Waals surface area contributed by atoms with E-state index in [9.17, 15) is 9.59 Å². The number of fused-ring (bicyclic) bond motifs is 1. The summed E-state index contributed by atoms with van der Waals surface area (Å²) in [6.07, 6.45) is 1.38. The largest absolute Gasteiger partial charge is 0.423 e. The zero-order valence-electron chi connectivity index (χ0n) is 14.3. The predicted octanol–water partition coefficient (Wildman–Crippen LogP) is 1.09. The Bertz CT molecular complexity index is 689. The highest BCUT2D eigenvalue weighted by molar-refractivity contribution is 5.89. The summed E-state index contributed by atoms with van der Waals surface area (Å²) in [5.41, 5.74) is 1.80. The Morgan fingerprint density at radius 3 is 2.64 bits per heavy atom. The van der Waals surface area contributed by atoms with Gasteiger partial charge in [0.25, 0.3) is 0 Å². The van der Waals surface area contributed by atoms with Crippen molar-refractivity contribution in [3.8, 4) is 5.75 Å². The highest BCUT2D eigenvalue weighted by Crippen LogP contribution is 2.34. The molecule has 3 aliphatic heterocycles. The molecule has 0 saturated carbocycles. The molecule has 3 heterocycles. The second-order valence-corrected chi connectivity index (χ2v) is 6.79. The maximum absolute atomic E-state index is 12.7. The Hall–Kier alpha value is -2.12. The van der Waals surface area contributed by atoms with Gasteiger partial charge in [-0.2, -0.15) is 0 Å². The van der Waals surface area contributed by atoms with Crippen molar-refractivity contribution in [2.24, 2.45) is 0 Å². The van der Waals surface area contributed by atoms with Gasteiger partial charge in [-0.25, -0.2) is 4.79 Å². The number of carbonyl (C=O) groups is 2. The lowest BCUT2D eigenvalue weighted by Crippen LogP contribution is -2.51. The fraction of sp³-hybridized carbons (Fsp3) is 0.556. The SMILES string of the molecule is Cc1ccc2c(c1)OC(=O)CN2CC(=O)N1CCC2(CC1)OCCO2. The van der Waals surface area contributed by atoms with Gasteiger partial charge in [-0.1, -0.05) is 6.07 Å². The Morgan fingerprint density at radius 1 is 1.20 bits per heavy atom. The van der Waals surface area contributed by atoms with Crippen molar-refractivity contribution in [1.82, 2.24) is 4.90 Å². The molecule has 2 saturated heterocycles. The van der Waals surface area contributed by atoms with Gasteiger partial charge < -0.3 is 24.0 Å². The summed E-state index contributed by atoms with van der Waals surface area (Å²) in [6, 6.07) is 5.67. The van der Waals surface area contributed by atoms with E-state index in [-0.39, 0.29) is 25.0 Å². The number of carbonyl (C=O) groups excluding carboxylic acids is 2. The topological polar surface area (TPSA) is 68.3 Å². The average molecular weight is 346 g/mol. The van der Waals surface area contributed by atoms with E-state index in [4.69, 9.17) is 14.2 Å². The Balaban J connectivity index is 1.42. The van der Waals surface area contributed by atoms with Gasteiger partial charge in [0.1, 0.15) is 6.54 Å². The highest BCUT2D eigenvalue weighted by atomic mass is 16.7. The number of benzene rings is 1. The zero-order valence-corrected chi connectivity index (χ0v) is 14.3. The molecular weight excluding hydrogens is 324 g/mol. The summed E-state index contributed by atoms with van der Waals surface area (Å²) in [4.78, 5) is 28.2. The van der Waals surface area contributed by atoms with Crippen molar-refractivity contribution in [2.45, 2.75) is 25.6 Å². The van der Waals surface area contributed by atoms with Crippen LogP contribution in [0.1, 0.15) is 18.4 Å². The van der Waals surface area contributed by atoms with Crippen LogP contribution >= 0.6 is 0 Å². The van der Waals surface area contributed by atoms with E-state index in [1.807, 2.05) is 30.0 Å². The third-order valence-electron chi connectivity index (χ3n) is 5.02. The van der Waals surface area contributed by atoms with E-state index in [0.717, 1.165) is 11.3 Å². The minimum absolute atomic E-state index is 0.00840. The number of hydrogen-bond donors (Lipinski definition) is 0. The van der Waals surface area contributed by atoms with E-state index in [0.29, 0.717) is 44.9 Å². The van der Waals surface area contributed by atoms with Crippen molar-refractivity contribution in [3.63, 3.8) is 0 Å². The number of hydrogen-bond acceptors (Lipinski definition) is 6. The molecule has 0 bridgehead atoms. The molecule has 2 fully saturated rings. The number of likely N-dealkylation sites (tertiary alicyclic amines) is 1. The number of piperidine rings is 1. The molecule has 0 unspecified atom stereocenters. The third-order valence-corrected chi connectivity index (χ3v) is 5.02. The van der Waals surface area contributed by atoms with Gasteiger partial charge in [0.05, 0.1) is 25.4 Å². The third kappa shape index (κ3) is 3.21. The number of anilines is 1. The van der Waals surface area contributed by atoms with Crippen molar-refractivity contribution >= 4 is 17.6 Å². The molecular formula is C18H22N2O5. The standard InChI is InChI=1S/C18H22N2O5/c1-13-2-3-14-15(10-13)25-17(22)12-20(14)11-16(21)19-6-4-18(5-7-19)23-8-9-24-18/h2-3,10H,4-9,11-12H2,1H3. The van der Waals surface area contributed by atoms with Crippen molar-refractivity contribution < 1.29 is 23.8 Å². The summed E-state index contributed by atoms with van der Waals surface area (Å²) >= 11 is 0. The molecule has 7 nitrogen and oxygen atoms in total. The minimum Gasteiger partial charge on any atom is -0.423 e. The van der Waals surface area contributed by atoms with Crippen LogP contribution in [-0.2, 0) is 19.1 Å². The summed E-state index contributed by atoms with van der Waals surface area (Å²) < 4.78 is 16.7. The number of ether oxygens (including phenoxy) is 3. The van der Waals surface area contributed by atoms with Crippen LogP contribution in [0.3, 0.4) is 0 Å². The Labute approximate surface area is 146 Å². The maximum atomic E-state index is 12.7. The fourth-order valence-corrected chi connectivity index (χ4v) is 3.65. The van der Waals surface area contributed by atoms with Crippen LogP contribution in [0.5, 0.6) is 5.75 Å². The van der Waals surface area contributed by atoms with Crippen LogP contribution in [0.4, 0.5) is 5.69 Å². The number of aryl methyl sites for hydroxylation is 1. The molecule has 0 atom stereocenters. The first-order valence-corrected chi connectivity index (χ1v) is 8.67. The Kier molecular flexibility index (Phi) is 4.13. The van der Waals surface area contributed by atoms with Crippen LogP contribution in [0.2, 0.25) is 0 Å². The van der Waals surface area contributed by atoms with Crippen LogP contribution in [0.15, 0.2) is 18.2 Å². The van der Waals surface area contributed by atoms with Gasteiger partial charge in [-0.3, -0.25) is 4.79 Å². The van der Waals surface area contributed by atoms with Gasteiger partial charge in [-0.05, 0) is 24.6 Å². The molecule has 1 spiro atoms. The zero-order chi connectivity index (χ0) is 17.4. The molecule has 7 heteroatoms. The lowest BCUT2D eigenvalue weighted by atomic mass is 10.0. The fourth-order valence-electron chi connectivity index (χ4n) is 3.65. The monoisotopic (exact) mass is 346 g/mol. The van der Waals surface area contributed by atoms with Crippen molar-refractivity contribution in [3.05, 3.63) is 23.8 Å². The minimum atomic E-state index is -0.490. The molecule has 0 radical (unpaired) electrons. The summed E-state index contributed by atoms with van der Waals surface area (Å²) in [5.74, 6) is -0.296. The quantitative estimate of drug-likeness (QED) is 0.590. The van der Waals surface area contributed by atoms with Crippen LogP contribution in [0.25, 0.3) is 0 Å². The average Bonchev–Trinajstić information content (AvgIpc) is 3.03. The molecule has 0 aliphatic carbocycles. The van der Waals surface area contributed by atoms with E-state index in [2.05, 4.69) is 0 Å². The molecule has 0 aromatic heterocycles. The highest BCUT2D eigenvalue weighted by Gasteiger charge is 2.41. The lowest BCUT2D eigenvalue weighted by Gasteiger charge is -2.38. The number of nitrogens with zero attached hydrogens (tertiary/aromatic N) is 2. The van der Waals surface area contributed by atoms with E-state index in [1.54, 1.807) is 4.90 Å². The van der Waals surface area contributed by atoms with Gasteiger partial charge in [0.15, 0.2) is 11.5 Å². The molecule has 0 N–H and O–H groups in total. The van der Waals surface area contributed by atoms with Crippen molar-refractivity contribution in [2.75, 3.05) is 44.3 Å². The number of esters is 1. The van der Waals surface area contributed by atoms with Crippen molar-refractivity contribution in [1.29, 1.82) is 0 Å². The molecule has 134 valence electrons. The lowest BCUT2D eigenvalue weighted by molar-refractivity contribution is -0.187. The molecule has 1 amide bonds. The van der Waals surface area contributed by atoms with Gasteiger partial charge in [0.2, 0.25) is 5.91 Å². The van der Waals surface area contributed by atoms with Gasteiger partial charge in [0, 0.05) is 25.9 Å². The van der Waals surface area contributed by atoms with Gasteiger partial charge in [-0.15, -0.1) is 0 Å². The number of amides is 1. The normalized spacial score (nSPS) is 22.0. The van der Waals surface area contributed by atoms with Crippen LogP contribution in [-0.4, -0.2) is 62.0 Å². The Morgan fingerprint density at radius 2 is 1.92 bits per heavy atom. The summed E-state index contributed by atoms with van der Waals surface area (Å²) in [5, 5.41) is 0. The summed E-state index contributed by atoms with van der Waals surface area (Å²) in [6.45, 7) is 4.66. The summed E-state index contributed by atoms with van der Waals surface area (Å²) in [7, 11) is 0. The van der Waals surface area contributed by atoms with E-state index in [1.165, 1.54) is 0 Å². The molecule has 1 aromatic rings. The number of rotatable bonds is 2.